The van der Waals surface area contributed by atoms with Gasteiger partial charge in [-0.15, -0.1) is 11.3 Å². The van der Waals surface area contributed by atoms with E-state index in [0.717, 1.165) is 26.2 Å². The van der Waals surface area contributed by atoms with Crippen LogP contribution in [-0.2, 0) is 0 Å². The van der Waals surface area contributed by atoms with Gasteiger partial charge in [0.15, 0.2) is 5.76 Å². The summed E-state index contributed by atoms with van der Waals surface area (Å²) in [6.07, 6.45) is 0. The first-order valence-electron chi connectivity index (χ1n) is 8.52. The first-order valence-corrected chi connectivity index (χ1v) is 9.34. The number of rotatable bonds is 3. The maximum atomic E-state index is 12.4. The molecule has 3 aromatic carbocycles. The molecule has 0 radical (unpaired) electrons. The summed E-state index contributed by atoms with van der Waals surface area (Å²) in [7, 11) is 0. The first-order chi connectivity index (χ1) is 13.3. The maximum absolute atomic E-state index is 12.4. The highest BCUT2D eigenvalue weighted by atomic mass is 32.1. The molecule has 130 valence electrons. The van der Waals surface area contributed by atoms with Crippen molar-refractivity contribution in [3.8, 4) is 10.6 Å². The van der Waals surface area contributed by atoms with Crippen LogP contribution in [0.2, 0.25) is 0 Å². The number of amides is 1. The number of nitrogens with zero attached hydrogens (tertiary/aromatic N) is 1. The van der Waals surface area contributed by atoms with Crippen molar-refractivity contribution in [2.75, 3.05) is 5.32 Å². The van der Waals surface area contributed by atoms with Gasteiger partial charge in [0.05, 0.1) is 10.2 Å². The summed E-state index contributed by atoms with van der Waals surface area (Å²) in [6, 6.07) is 25.1. The van der Waals surface area contributed by atoms with Crippen LogP contribution >= 0.6 is 11.3 Å². The van der Waals surface area contributed by atoms with Gasteiger partial charge in [-0.3, -0.25) is 4.79 Å². The third kappa shape index (κ3) is 2.98. The van der Waals surface area contributed by atoms with E-state index in [-0.39, 0.29) is 5.91 Å². The van der Waals surface area contributed by atoms with Gasteiger partial charge in [-0.1, -0.05) is 30.3 Å². The van der Waals surface area contributed by atoms with Crippen LogP contribution in [0.15, 0.2) is 83.3 Å². The van der Waals surface area contributed by atoms with Crippen LogP contribution in [0.25, 0.3) is 31.8 Å². The summed E-state index contributed by atoms with van der Waals surface area (Å²) in [6.45, 7) is 0. The van der Waals surface area contributed by atoms with Crippen molar-refractivity contribution in [3.05, 3.63) is 84.6 Å². The predicted octanol–water partition coefficient (Wildman–Crippen LogP) is 5.96. The Morgan fingerprint density at radius 1 is 0.926 bits per heavy atom. The van der Waals surface area contributed by atoms with E-state index in [9.17, 15) is 4.79 Å². The molecular formula is C22H14N2O2S. The number of fused-ring (bicyclic) bond motifs is 2. The number of benzene rings is 3. The molecule has 4 nitrogen and oxygen atoms in total. The lowest BCUT2D eigenvalue weighted by Gasteiger charge is -2.04. The highest BCUT2D eigenvalue weighted by Crippen LogP contribution is 2.30. The van der Waals surface area contributed by atoms with Gasteiger partial charge in [-0.25, -0.2) is 4.98 Å². The molecule has 0 aliphatic rings. The van der Waals surface area contributed by atoms with E-state index in [1.165, 1.54) is 0 Å². The molecule has 5 rings (SSSR count). The molecular weight excluding hydrogens is 356 g/mol. The van der Waals surface area contributed by atoms with Gasteiger partial charge in [0, 0.05) is 16.6 Å². The van der Waals surface area contributed by atoms with Gasteiger partial charge in [-0.05, 0) is 48.5 Å². The molecule has 5 heteroatoms. The van der Waals surface area contributed by atoms with Crippen LogP contribution in [0.5, 0.6) is 0 Å². The average Bonchev–Trinajstić information content (AvgIpc) is 3.32. The van der Waals surface area contributed by atoms with Crippen LogP contribution in [-0.4, -0.2) is 10.9 Å². The van der Waals surface area contributed by atoms with Crippen LogP contribution in [0.4, 0.5) is 5.69 Å². The minimum Gasteiger partial charge on any atom is -0.451 e. The van der Waals surface area contributed by atoms with Gasteiger partial charge in [-0.2, -0.15) is 0 Å². The lowest BCUT2D eigenvalue weighted by atomic mass is 10.2. The second-order valence-electron chi connectivity index (χ2n) is 6.17. The number of carbonyl (C=O) groups excluding carboxylic acids is 1. The topological polar surface area (TPSA) is 55.1 Å². The second kappa shape index (κ2) is 6.37. The molecule has 27 heavy (non-hydrogen) atoms. The molecule has 1 N–H and O–H groups in total. The zero-order valence-corrected chi connectivity index (χ0v) is 15.0. The second-order valence-corrected chi connectivity index (χ2v) is 7.20. The molecule has 0 bridgehead atoms. The standard InChI is InChI=1S/C22H14N2O2S/c25-21(19-13-15-5-1-3-7-18(15)26-19)23-16-11-9-14(10-12-16)22-24-17-6-2-4-8-20(17)27-22/h1-13H,(H,23,25). The Labute approximate surface area is 159 Å². The van der Waals surface area contributed by atoms with Crippen LogP contribution in [0, 0.1) is 0 Å². The molecule has 2 aromatic heterocycles. The van der Waals surface area contributed by atoms with Crippen molar-refractivity contribution in [3.63, 3.8) is 0 Å². The van der Waals surface area contributed by atoms with Crippen molar-refractivity contribution in [2.45, 2.75) is 0 Å². The smallest absolute Gasteiger partial charge is 0.291 e. The monoisotopic (exact) mass is 370 g/mol. The minimum atomic E-state index is -0.265. The summed E-state index contributed by atoms with van der Waals surface area (Å²) in [5.74, 6) is 0.0328. The lowest BCUT2D eigenvalue weighted by molar-refractivity contribution is 0.0998. The van der Waals surface area contributed by atoms with E-state index < -0.39 is 0 Å². The Morgan fingerprint density at radius 3 is 2.52 bits per heavy atom. The van der Waals surface area contributed by atoms with Crippen molar-refractivity contribution in [1.82, 2.24) is 4.98 Å². The number of carbonyl (C=O) groups is 1. The normalized spacial score (nSPS) is 11.1. The summed E-state index contributed by atoms with van der Waals surface area (Å²) >= 11 is 1.66. The van der Waals surface area contributed by atoms with E-state index >= 15 is 0 Å². The van der Waals surface area contributed by atoms with Crippen molar-refractivity contribution < 1.29 is 9.21 Å². The number of anilines is 1. The van der Waals surface area contributed by atoms with E-state index in [1.807, 2.05) is 66.7 Å². The molecule has 0 aliphatic heterocycles. The number of para-hydroxylation sites is 2. The Hall–Kier alpha value is -3.44. The third-order valence-electron chi connectivity index (χ3n) is 4.33. The van der Waals surface area contributed by atoms with E-state index in [4.69, 9.17) is 4.42 Å². The fourth-order valence-corrected chi connectivity index (χ4v) is 3.95. The first kappa shape index (κ1) is 15.8. The fourth-order valence-electron chi connectivity index (χ4n) is 2.98. The Bertz CT molecular complexity index is 1200. The summed E-state index contributed by atoms with van der Waals surface area (Å²) in [5, 5.41) is 4.75. The summed E-state index contributed by atoms with van der Waals surface area (Å²) in [5.41, 5.74) is 3.44. The number of aromatic nitrogens is 1. The van der Waals surface area contributed by atoms with Gasteiger partial charge < -0.3 is 9.73 Å². The van der Waals surface area contributed by atoms with Crippen molar-refractivity contribution in [1.29, 1.82) is 0 Å². The number of thiazole rings is 1. The van der Waals surface area contributed by atoms with Crippen LogP contribution in [0.3, 0.4) is 0 Å². The quantitative estimate of drug-likeness (QED) is 0.426. The molecule has 0 atom stereocenters. The number of nitrogens with one attached hydrogen (secondary N) is 1. The van der Waals surface area contributed by atoms with Gasteiger partial charge in [0.1, 0.15) is 10.6 Å². The number of hydrogen-bond acceptors (Lipinski definition) is 4. The number of hydrogen-bond donors (Lipinski definition) is 1. The van der Waals surface area contributed by atoms with Gasteiger partial charge >= 0.3 is 0 Å². The maximum Gasteiger partial charge on any atom is 0.291 e. The Kier molecular flexibility index (Phi) is 3.73. The predicted molar refractivity (Wildman–Crippen MR) is 109 cm³/mol. The zero-order valence-electron chi connectivity index (χ0n) is 14.2. The van der Waals surface area contributed by atoms with Crippen molar-refractivity contribution in [2.24, 2.45) is 0 Å². The molecule has 0 unspecified atom stereocenters. The lowest BCUT2D eigenvalue weighted by Crippen LogP contribution is -2.10. The molecule has 2 heterocycles. The van der Waals surface area contributed by atoms with Crippen molar-refractivity contribution >= 4 is 44.1 Å². The SMILES string of the molecule is O=C(Nc1ccc(-c2nc3ccccc3s2)cc1)c1cc2ccccc2o1. The molecule has 0 aliphatic carbocycles. The molecule has 0 fully saturated rings. The molecule has 0 saturated heterocycles. The van der Waals surface area contributed by atoms with Crippen LogP contribution in [0.1, 0.15) is 10.6 Å². The third-order valence-corrected chi connectivity index (χ3v) is 5.42. The number of furan rings is 1. The molecule has 0 spiro atoms. The largest absolute Gasteiger partial charge is 0.451 e. The highest BCUT2D eigenvalue weighted by Gasteiger charge is 2.12. The van der Waals surface area contributed by atoms with Crippen LogP contribution < -0.4 is 5.32 Å². The Morgan fingerprint density at radius 2 is 1.70 bits per heavy atom. The van der Waals surface area contributed by atoms with Gasteiger partial charge in [0.25, 0.3) is 5.91 Å². The van der Waals surface area contributed by atoms with E-state index in [2.05, 4.69) is 16.4 Å². The molecule has 1 amide bonds. The summed E-state index contributed by atoms with van der Waals surface area (Å²) < 4.78 is 6.77. The zero-order chi connectivity index (χ0) is 18.2. The average molecular weight is 370 g/mol. The van der Waals surface area contributed by atoms with E-state index in [1.54, 1.807) is 17.4 Å². The minimum absolute atomic E-state index is 0.265. The summed E-state index contributed by atoms with van der Waals surface area (Å²) in [4.78, 5) is 17.1. The molecule has 5 aromatic rings. The highest BCUT2D eigenvalue weighted by molar-refractivity contribution is 7.21. The Balaban J connectivity index is 1.37. The van der Waals surface area contributed by atoms with E-state index in [0.29, 0.717) is 17.0 Å². The molecule has 0 saturated carbocycles. The fraction of sp³-hybridized carbons (Fsp3) is 0. The van der Waals surface area contributed by atoms with Gasteiger partial charge in [0.2, 0.25) is 0 Å².